The van der Waals surface area contributed by atoms with E-state index in [0.717, 1.165) is 31.9 Å². The fourth-order valence-corrected chi connectivity index (χ4v) is 2.96. The quantitative estimate of drug-likeness (QED) is 0.777. The second-order valence-electron chi connectivity index (χ2n) is 4.86. The van der Waals surface area contributed by atoms with Crippen LogP contribution in [-0.4, -0.2) is 60.2 Å². The molecule has 2 heterocycles. The third kappa shape index (κ3) is 2.90. The maximum atomic E-state index is 11.9. The molecule has 0 radical (unpaired) electrons. The van der Waals surface area contributed by atoms with Gasteiger partial charge in [0.25, 0.3) is 0 Å². The summed E-state index contributed by atoms with van der Waals surface area (Å²) < 4.78 is 5.66. The SMILES string of the molecule is CC1CN(C(=O)COC2(C)CNC2)CCS1. The zero-order valence-electron chi connectivity index (χ0n) is 9.99. The van der Waals surface area contributed by atoms with Crippen LogP contribution >= 0.6 is 11.8 Å². The van der Waals surface area contributed by atoms with E-state index in [1.165, 1.54) is 0 Å². The Morgan fingerprint density at radius 2 is 2.38 bits per heavy atom. The molecule has 0 aromatic carbocycles. The summed E-state index contributed by atoms with van der Waals surface area (Å²) in [5.41, 5.74) is -0.119. The van der Waals surface area contributed by atoms with Crippen LogP contribution in [0.2, 0.25) is 0 Å². The molecule has 1 atom stereocenters. The van der Waals surface area contributed by atoms with Crippen molar-refractivity contribution in [3.8, 4) is 0 Å². The van der Waals surface area contributed by atoms with Crippen LogP contribution in [0.25, 0.3) is 0 Å². The monoisotopic (exact) mass is 244 g/mol. The van der Waals surface area contributed by atoms with Crippen molar-refractivity contribution in [2.45, 2.75) is 24.7 Å². The van der Waals surface area contributed by atoms with E-state index in [0.29, 0.717) is 5.25 Å². The van der Waals surface area contributed by atoms with E-state index in [4.69, 9.17) is 4.74 Å². The van der Waals surface area contributed by atoms with E-state index in [9.17, 15) is 4.79 Å². The van der Waals surface area contributed by atoms with E-state index in [-0.39, 0.29) is 18.1 Å². The predicted octanol–water partition coefficient (Wildman–Crippen LogP) is 0.329. The highest BCUT2D eigenvalue weighted by atomic mass is 32.2. The summed E-state index contributed by atoms with van der Waals surface area (Å²) in [7, 11) is 0. The average molecular weight is 244 g/mol. The lowest BCUT2D eigenvalue weighted by atomic mass is 10.0. The molecule has 0 aliphatic carbocycles. The second kappa shape index (κ2) is 4.94. The average Bonchev–Trinajstić information content (AvgIpc) is 2.23. The van der Waals surface area contributed by atoms with Gasteiger partial charge in [0.05, 0.1) is 5.60 Å². The molecule has 0 spiro atoms. The third-order valence-electron chi connectivity index (χ3n) is 3.14. The van der Waals surface area contributed by atoms with Crippen molar-refractivity contribution in [3.63, 3.8) is 0 Å². The van der Waals surface area contributed by atoms with Gasteiger partial charge in [0.15, 0.2) is 0 Å². The standard InChI is InChI=1S/C11H20N2O2S/c1-9-5-13(3-4-16-9)10(14)6-15-11(2)7-12-8-11/h9,12H,3-8H2,1-2H3. The molecule has 0 saturated carbocycles. The number of hydrogen-bond acceptors (Lipinski definition) is 4. The molecule has 0 aromatic rings. The zero-order chi connectivity index (χ0) is 11.6. The van der Waals surface area contributed by atoms with Gasteiger partial charge in [-0.05, 0) is 6.92 Å². The fourth-order valence-electron chi connectivity index (χ4n) is 1.95. The van der Waals surface area contributed by atoms with Crippen molar-refractivity contribution in [2.24, 2.45) is 0 Å². The summed E-state index contributed by atoms with van der Waals surface area (Å²) >= 11 is 1.93. The lowest BCUT2D eigenvalue weighted by Gasteiger charge is -2.39. The lowest BCUT2D eigenvalue weighted by Crippen LogP contribution is -2.60. The maximum Gasteiger partial charge on any atom is 0.248 e. The van der Waals surface area contributed by atoms with Gasteiger partial charge in [0, 0.05) is 37.2 Å². The Balaban J connectivity index is 1.74. The molecule has 2 rings (SSSR count). The summed E-state index contributed by atoms with van der Waals surface area (Å²) in [6.45, 7) is 7.89. The fraction of sp³-hybridized carbons (Fsp3) is 0.909. The van der Waals surface area contributed by atoms with Crippen molar-refractivity contribution >= 4 is 17.7 Å². The van der Waals surface area contributed by atoms with Crippen molar-refractivity contribution in [1.82, 2.24) is 10.2 Å². The van der Waals surface area contributed by atoms with E-state index in [1.807, 2.05) is 23.6 Å². The molecular formula is C11H20N2O2S. The summed E-state index contributed by atoms with van der Waals surface area (Å²) in [6, 6.07) is 0. The van der Waals surface area contributed by atoms with E-state index < -0.39 is 0 Å². The van der Waals surface area contributed by atoms with Crippen LogP contribution in [0.1, 0.15) is 13.8 Å². The number of carbonyl (C=O) groups is 1. The molecule has 2 aliphatic rings. The highest BCUT2D eigenvalue weighted by Gasteiger charge is 2.33. The Labute approximate surface area is 101 Å². The minimum atomic E-state index is -0.119. The molecule has 2 saturated heterocycles. The molecule has 0 bridgehead atoms. The molecule has 4 nitrogen and oxygen atoms in total. The number of thioether (sulfide) groups is 1. The van der Waals surface area contributed by atoms with Gasteiger partial charge in [0.2, 0.25) is 5.91 Å². The smallest absolute Gasteiger partial charge is 0.248 e. The summed E-state index contributed by atoms with van der Waals surface area (Å²) in [4.78, 5) is 13.8. The van der Waals surface area contributed by atoms with Crippen molar-refractivity contribution in [2.75, 3.05) is 38.5 Å². The van der Waals surface area contributed by atoms with Gasteiger partial charge in [-0.1, -0.05) is 6.92 Å². The molecule has 1 N–H and O–H groups in total. The van der Waals surface area contributed by atoms with Gasteiger partial charge in [-0.2, -0.15) is 11.8 Å². The first-order valence-electron chi connectivity index (χ1n) is 5.83. The van der Waals surface area contributed by atoms with Gasteiger partial charge in [-0.15, -0.1) is 0 Å². The van der Waals surface area contributed by atoms with Crippen LogP contribution < -0.4 is 5.32 Å². The molecule has 2 fully saturated rings. The number of nitrogens with one attached hydrogen (secondary N) is 1. The summed E-state index contributed by atoms with van der Waals surface area (Å²) in [5, 5.41) is 3.71. The van der Waals surface area contributed by atoms with Crippen molar-refractivity contribution < 1.29 is 9.53 Å². The van der Waals surface area contributed by atoms with E-state index >= 15 is 0 Å². The first-order chi connectivity index (χ1) is 7.59. The molecule has 5 heteroatoms. The number of rotatable bonds is 3. The Bertz CT molecular complexity index is 269. The Hall–Kier alpha value is -0.260. The van der Waals surface area contributed by atoms with Crippen LogP contribution in [0.4, 0.5) is 0 Å². The van der Waals surface area contributed by atoms with Crippen LogP contribution in [-0.2, 0) is 9.53 Å². The topological polar surface area (TPSA) is 41.6 Å². The van der Waals surface area contributed by atoms with Crippen molar-refractivity contribution in [3.05, 3.63) is 0 Å². The molecular weight excluding hydrogens is 224 g/mol. The number of ether oxygens (including phenoxy) is 1. The van der Waals surface area contributed by atoms with Gasteiger partial charge in [0.1, 0.15) is 6.61 Å². The first kappa shape index (κ1) is 12.2. The normalized spacial score (nSPS) is 28.6. The minimum Gasteiger partial charge on any atom is -0.363 e. The van der Waals surface area contributed by atoms with Crippen molar-refractivity contribution in [1.29, 1.82) is 0 Å². The van der Waals surface area contributed by atoms with Crippen LogP contribution in [0, 0.1) is 0 Å². The number of hydrogen-bond donors (Lipinski definition) is 1. The van der Waals surface area contributed by atoms with E-state index in [2.05, 4.69) is 12.2 Å². The van der Waals surface area contributed by atoms with Crippen LogP contribution in [0.3, 0.4) is 0 Å². The largest absolute Gasteiger partial charge is 0.363 e. The zero-order valence-corrected chi connectivity index (χ0v) is 10.8. The van der Waals surface area contributed by atoms with Gasteiger partial charge < -0.3 is 15.0 Å². The highest BCUT2D eigenvalue weighted by Crippen LogP contribution is 2.19. The summed E-state index contributed by atoms with van der Waals surface area (Å²) in [6.07, 6.45) is 0. The van der Waals surface area contributed by atoms with E-state index in [1.54, 1.807) is 0 Å². The Morgan fingerprint density at radius 1 is 1.62 bits per heavy atom. The molecule has 1 amide bonds. The minimum absolute atomic E-state index is 0.119. The number of amides is 1. The molecule has 16 heavy (non-hydrogen) atoms. The first-order valence-corrected chi connectivity index (χ1v) is 6.88. The van der Waals surface area contributed by atoms with Crippen LogP contribution in [0.15, 0.2) is 0 Å². The van der Waals surface area contributed by atoms with Gasteiger partial charge in [-0.3, -0.25) is 4.79 Å². The van der Waals surface area contributed by atoms with Crippen LogP contribution in [0.5, 0.6) is 0 Å². The lowest BCUT2D eigenvalue weighted by molar-refractivity contribution is -0.145. The molecule has 0 aromatic heterocycles. The third-order valence-corrected chi connectivity index (χ3v) is 4.27. The summed E-state index contributed by atoms with van der Waals surface area (Å²) in [5.74, 6) is 1.19. The number of nitrogens with zero attached hydrogens (tertiary/aromatic N) is 1. The van der Waals surface area contributed by atoms with Gasteiger partial charge in [-0.25, -0.2) is 0 Å². The Morgan fingerprint density at radius 3 is 2.94 bits per heavy atom. The molecule has 2 aliphatic heterocycles. The molecule has 92 valence electrons. The maximum absolute atomic E-state index is 11.9. The molecule has 1 unspecified atom stereocenters. The Kier molecular flexibility index (Phi) is 3.77. The number of carbonyl (C=O) groups excluding carboxylic acids is 1. The second-order valence-corrected chi connectivity index (χ2v) is 6.41. The predicted molar refractivity (Wildman–Crippen MR) is 65.7 cm³/mol. The highest BCUT2D eigenvalue weighted by molar-refractivity contribution is 7.99. The van der Waals surface area contributed by atoms with Gasteiger partial charge >= 0.3 is 0 Å².